The second-order valence-electron chi connectivity index (χ2n) is 9.22. The molecule has 0 aliphatic carbocycles. The first-order valence-corrected chi connectivity index (χ1v) is 12.7. The fourth-order valence-corrected chi connectivity index (χ4v) is 3.76. The minimum atomic E-state index is -1.60. The Labute approximate surface area is 235 Å². The van der Waals surface area contributed by atoms with Crippen LogP contribution >= 0.6 is 0 Å². The lowest BCUT2D eigenvalue weighted by atomic mass is 10.0. The molecule has 0 saturated heterocycles. The number of nitrogens with zero attached hydrogens (tertiary/aromatic N) is 2. The number of aromatic nitrogens is 2. The molecule has 0 spiro atoms. The van der Waals surface area contributed by atoms with Crippen LogP contribution in [0.5, 0.6) is 0 Å². The van der Waals surface area contributed by atoms with Gasteiger partial charge in [0.05, 0.1) is 18.8 Å². The largest absolute Gasteiger partial charge is 0.480 e. The molecule has 13 N–H and O–H groups in total. The molecule has 0 radical (unpaired) electrons. The fraction of sp³-hybridized carbons (Fsp3) is 0.400. The van der Waals surface area contributed by atoms with Gasteiger partial charge in [-0.15, -0.1) is 0 Å². The van der Waals surface area contributed by atoms with Crippen LogP contribution in [0, 0.1) is 0 Å². The lowest BCUT2D eigenvalue weighted by molar-refractivity contribution is -0.143. The molecule has 0 aliphatic heterocycles. The number of imidazole rings is 1. The Balaban J connectivity index is 2.22. The molecule has 0 bridgehead atoms. The molecule has 1 aromatic heterocycles. The van der Waals surface area contributed by atoms with E-state index < -0.39 is 60.2 Å². The Morgan fingerprint density at radius 1 is 0.902 bits per heavy atom. The van der Waals surface area contributed by atoms with Crippen molar-refractivity contribution in [3.63, 3.8) is 0 Å². The lowest BCUT2D eigenvalue weighted by Gasteiger charge is -2.25. The van der Waals surface area contributed by atoms with Gasteiger partial charge in [-0.25, -0.2) is 9.78 Å². The molecule has 41 heavy (non-hydrogen) atoms. The third-order valence-corrected chi connectivity index (χ3v) is 5.85. The second-order valence-corrected chi connectivity index (χ2v) is 9.22. The Morgan fingerprint density at radius 3 is 2.07 bits per heavy atom. The van der Waals surface area contributed by atoms with Gasteiger partial charge in [0, 0.05) is 31.3 Å². The molecule has 1 aromatic carbocycles. The topological polar surface area (TPSA) is 287 Å². The van der Waals surface area contributed by atoms with Gasteiger partial charge in [0.15, 0.2) is 5.96 Å². The highest BCUT2D eigenvalue weighted by atomic mass is 16.4. The van der Waals surface area contributed by atoms with Crippen molar-refractivity contribution in [1.82, 2.24) is 25.9 Å². The number of hydrogen-bond acceptors (Lipinski definition) is 8. The molecular weight excluding hydrogens is 536 g/mol. The number of primary amides is 1. The summed E-state index contributed by atoms with van der Waals surface area (Å²) in [6, 6.07) is 3.63. The molecular formula is C25H36N10O6. The smallest absolute Gasteiger partial charge is 0.326 e. The maximum atomic E-state index is 13.4. The Morgan fingerprint density at radius 2 is 1.51 bits per heavy atom. The van der Waals surface area contributed by atoms with Crippen LogP contribution in [0.15, 0.2) is 47.8 Å². The number of nitrogens with two attached hydrogens (primary N) is 4. The summed E-state index contributed by atoms with van der Waals surface area (Å²) in [4.78, 5) is 72.9. The monoisotopic (exact) mass is 572 g/mol. The number of H-pyrrole nitrogens is 1. The first-order valence-electron chi connectivity index (χ1n) is 12.7. The van der Waals surface area contributed by atoms with E-state index in [0.29, 0.717) is 17.7 Å². The first-order chi connectivity index (χ1) is 19.5. The predicted molar refractivity (Wildman–Crippen MR) is 148 cm³/mol. The highest BCUT2D eigenvalue weighted by Crippen LogP contribution is 2.07. The molecule has 2 rings (SSSR count). The highest BCUT2D eigenvalue weighted by Gasteiger charge is 2.31. The average Bonchev–Trinajstić information content (AvgIpc) is 3.43. The van der Waals surface area contributed by atoms with E-state index in [9.17, 15) is 29.1 Å². The lowest BCUT2D eigenvalue weighted by Crippen LogP contribution is -2.58. The fourth-order valence-electron chi connectivity index (χ4n) is 3.76. The summed E-state index contributed by atoms with van der Waals surface area (Å²) in [7, 11) is 0. The van der Waals surface area contributed by atoms with Crippen LogP contribution in [0.2, 0.25) is 0 Å². The summed E-state index contributed by atoms with van der Waals surface area (Å²) in [5.74, 6) is -4.71. The molecule has 0 saturated carbocycles. The molecule has 4 atom stereocenters. The quantitative estimate of drug-likeness (QED) is 0.0525. The zero-order valence-electron chi connectivity index (χ0n) is 22.3. The van der Waals surface area contributed by atoms with Crippen LogP contribution in [0.4, 0.5) is 0 Å². The first kappa shape index (κ1) is 32.2. The van der Waals surface area contributed by atoms with Crippen LogP contribution in [0.3, 0.4) is 0 Å². The molecule has 4 unspecified atom stereocenters. The number of carbonyl (C=O) groups excluding carboxylic acids is 4. The minimum absolute atomic E-state index is 0.0165. The minimum Gasteiger partial charge on any atom is -0.480 e. The number of aliphatic carboxylic acids is 1. The van der Waals surface area contributed by atoms with Crippen molar-refractivity contribution in [2.75, 3.05) is 6.54 Å². The molecule has 1 heterocycles. The van der Waals surface area contributed by atoms with E-state index in [0.717, 1.165) is 0 Å². The number of aromatic amines is 1. The zero-order chi connectivity index (χ0) is 30.4. The van der Waals surface area contributed by atoms with Crippen molar-refractivity contribution in [3.8, 4) is 0 Å². The number of nitrogens with one attached hydrogen (secondary N) is 4. The molecule has 4 amide bonds. The number of rotatable bonds is 17. The van der Waals surface area contributed by atoms with Gasteiger partial charge in [-0.2, -0.15) is 0 Å². The molecule has 2 aromatic rings. The van der Waals surface area contributed by atoms with Crippen LogP contribution in [0.1, 0.15) is 30.5 Å². The number of carbonyl (C=O) groups is 5. The van der Waals surface area contributed by atoms with Crippen molar-refractivity contribution in [1.29, 1.82) is 0 Å². The van der Waals surface area contributed by atoms with Crippen molar-refractivity contribution in [2.24, 2.45) is 27.9 Å². The van der Waals surface area contributed by atoms with Crippen LogP contribution in [-0.2, 0) is 36.8 Å². The highest BCUT2D eigenvalue weighted by molar-refractivity contribution is 5.95. The summed E-state index contributed by atoms with van der Waals surface area (Å²) >= 11 is 0. The van der Waals surface area contributed by atoms with Gasteiger partial charge in [0.25, 0.3) is 0 Å². The van der Waals surface area contributed by atoms with Gasteiger partial charge in [-0.3, -0.25) is 24.2 Å². The van der Waals surface area contributed by atoms with E-state index >= 15 is 0 Å². The van der Waals surface area contributed by atoms with E-state index in [-0.39, 0.29) is 31.8 Å². The van der Waals surface area contributed by atoms with Gasteiger partial charge in [0.1, 0.15) is 18.1 Å². The standard InChI is InChI=1S/C25H36N10O6/c26-16(7-4-8-31-25(28)29)21(37)33-18(10-15-12-30-13-32-15)23(39)34-17(9-14-5-2-1-3-6-14)22(38)35-19(24(40)41)11-20(27)36/h1-3,5-6,12-13,16-19H,4,7-11,26H2,(H2,27,36)(H,30,32)(H,33,37)(H,34,39)(H,35,38)(H,40,41)(H4,28,29,31). The number of aliphatic imine (C=N–C) groups is 1. The SMILES string of the molecule is NC(=O)CC(NC(=O)C(Cc1ccccc1)NC(=O)C(Cc1cnc[nH]1)NC(=O)C(N)CCCN=C(N)N)C(=O)O. The van der Waals surface area contributed by atoms with Gasteiger partial charge in [-0.05, 0) is 18.4 Å². The molecule has 0 aliphatic rings. The normalized spacial score (nSPS) is 13.6. The van der Waals surface area contributed by atoms with Gasteiger partial charge < -0.3 is 49.0 Å². The van der Waals surface area contributed by atoms with E-state index in [1.807, 2.05) is 0 Å². The van der Waals surface area contributed by atoms with Crippen molar-refractivity contribution in [2.45, 2.75) is 56.3 Å². The van der Waals surface area contributed by atoms with Crippen molar-refractivity contribution < 1.29 is 29.1 Å². The van der Waals surface area contributed by atoms with Crippen LogP contribution < -0.4 is 38.9 Å². The van der Waals surface area contributed by atoms with Gasteiger partial charge in [-0.1, -0.05) is 30.3 Å². The molecule has 16 heteroatoms. The summed E-state index contributed by atoms with van der Waals surface area (Å²) in [6.45, 7) is 0.269. The summed E-state index contributed by atoms with van der Waals surface area (Å²) in [5, 5.41) is 16.9. The number of carboxylic acid groups (broad SMARTS) is 1. The van der Waals surface area contributed by atoms with Crippen molar-refractivity contribution >= 4 is 35.6 Å². The van der Waals surface area contributed by atoms with E-state index in [2.05, 4.69) is 30.9 Å². The number of carboxylic acids is 1. The summed E-state index contributed by atoms with van der Waals surface area (Å²) in [6.07, 6.45) is 2.84. The number of hydrogen-bond donors (Lipinski definition) is 9. The van der Waals surface area contributed by atoms with E-state index in [1.165, 1.54) is 12.5 Å². The number of guanidine groups is 1. The van der Waals surface area contributed by atoms with Gasteiger partial charge in [0.2, 0.25) is 23.6 Å². The maximum absolute atomic E-state index is 13.4. The maximum Gasteiger partial charge on any atom is 0.326 e. The zero-order valence-corrected chi connectivity index (χ0v) is 22.3. The van der Waals surface area contributed by atoms with Gasteiger partial charge >= 0.3 is 5.97 Å². The Hall–Kier alpha value is -4.99. The van der Waals surface area contributed by atoms with E-state index in [1.54, 1.807) is 30.3 Å². The van der Waals surface area contributed by atoms with Crippen LogP contribution in [-0.4, -0.2) is 81.3 Å². The number of benzene rings is 1. The van der Waals surface area contributed by atoms with Crippen LogP contribution in [0.25, 0.3) is 0 Å². The van der Waals surface area contributed by atoms with E-state index in [4.69, 9.17) is 22.9 Å². The molecule has 16 nitrogen and oxygen atoms in total. The second kappa shape index (κ2) is 16.2. The summed E-state index contributed by atoms with van der Waals surface area (Å²) < 4.78 is 0. The predicted octanol–water partition coefficient (Wildman–Crippen LogP) is -3.01. The third-order valence-electron chi connectivity index (χ3n) is 5.85. The Kier molecular flexibility index (Phi) is 12.7. The Bertz CT molecular complexity index is 1200. The molecule has 0 fully saturated rings. The van der Waals surface area contributed by atoms with Crippen molar-refractivity contribution in [3.05, 3.63) is 54.1 Å². The summed E-state index contributed by atoms with van der Waals surface area (Å²) in [5.41, 5.74) is 22.9. The third kappa shape index (κ3) is 11.7. The molecule has 222 valence electrons. The average molecular weight is 573 g/mol. The number of amides is 4.